The first-order chi connectivity index (χ1) is 17.8. The fourth-order valence-corrected chi connectivity index (χ4v) is 6.34. The maximum Gasteiger partial charge on any atom is 0.259 e. The number of halogens is 2. The predicted octanol–water partition coefficient (Wildman–Crippen LogP) is 3.44. The summed E-state index contributed by atoms with van der Waals surface area (Å²) in [6.45, 7) is 7.16. The third-order valence-electron chi connectivity index (χ3n) is 8.39. The molecule has 3 aromatic heterocycles. The first kappa shape index (κ1) is 23.3. The summed E-state index contributed by atoms with van der Waals surface area (Å²) in [7, 11) is 0. The van der Waals surface area contributed by atoms with Gasteiger partial charge in [0.1, 0.15) is 23.5 Å². The van der Waals surface area contributed by atoms with Crippen molar-refractivity contribution in [1.82, 2.24) is 45.5 Å². The van der Waals surface area contributed by atoms with Gasteiger partial charge in [-0.1, -0.05) is 19.9 Å². The van der Waals surface area contributed by atoms with Crippen LogP contribution in [0.4, 0.5) is 8.78 Å². The van der Waals surface area contributed by atoms with E-state index in [0.29, 0.717) is 24.5 Å². The molecule has 37 heavy (non-hydrogen) atoms. The Morgan fingerprint density at radius 1 is 1.24 bits per heavy atom. The van der Waals surface area contributed by atoms with Gasteiger partial charge in [-0.25, -0.2) is 8.78 Å². The number of aromatic amines is 1. The fraction of sp³-hybridized carbons (Fsp3) is 0.400. The van der Waals surface area contributed by atoms with Crippen LogP contribution in [0.3, 0.4) is 0 Å². The number of nitrogens with zero attached hydrogens (tertiary/aromatic N) is 8. The number of amides is 1. The molecule has 1 aromatic carbocycles. The van der Waals surface area contributed by atoms with Gasteiger partial charge in [-0.3, -0.25) is 9.89 Å². The summed E-state index contributed by atoms with van der Waals surface area (Å²) in [5.74, 6) is -1.04. The summed E-state index contributed by atoms with van der Waals surface area (Å²) >= 11 is 0. The highest BCUT2D eigenvalue weighted by molar-refractivity contribution is 5.97. The van der Waals surface area contributed by atoms with Crippen molar-refractivity contribution in [1.29, 1.82) is 0 Å². The number of H-pyrrole nitrogens is 1. The average Bonchev–Trinajstić information content (AvgIpc) is 3.65. The summed E-state index contributed by atoms with van der Waals surface area (Å²) in [5.41, 5.74) is 1.40. The van der Waals surface area contributed by atoms with Crippen molar-refractivity contribution in [3.8, 4) is 17.1 Å². The van der Waals surface area contributed by atoms with E-state index in [1.54, 1.807) is 11.0 Å². The van der Waals surface area contributed by atoms with Crippen LogP contribution in [-0.2, 0) is 5.41 Å². The molecular formula is C25H25F2N9O. The molecule has 1 N–H and O–H groups in total. The van der Waals surface area contributed by atoms with Crippen molar-refractivity contribution in [2.24, 2.45) is 5.41 Å². The highest BCUT2D eigenvalue weighted by Gasteiger charge is 2.64. The van der Waals surface area contributed by atoms with Gasteiger partial charge in [-0.2, -0.15) is 20.0 Å². The normalized spacial score (nSPS) is 21.3. The number of hydrogen-bond donors (Lipinski definition) is 1. The summed E-state index contributed by atoms with van der Waals surface area (Å²) in [4.78, 5) is 15.5. The van der Waals surface area contributed by atoms with E-state index in [2.05, 4.69) is 49.8 Å². The molecule has 2 bridgehead atoms. The monoisotopic (exact) mass is 505 g/mol. The zero-order valence-corrected chi connectivity index (χ0v) is 20.6. The minimum atomic E-state index is -0.673. The van der Waals surface area contributed by atoms with Gasteiger partial charge in [-0.15, -0.1) is 5.10 Å². The van der Waals surface area contributed by atoms with Crippen LogP contribution < -0.4 is 0 Å². The SMILES string of the molecule is CCN(C[C@@]12CC[C@@H](c3cc(-c4c(F)cccc4F)nnc31)C2(C)C)C(=O)c1cn[nH]c1-n1cnnn1. The Labute approximate surface area is 211 Å². The molecule has 0 spiro atoms. The van der Waals surface area contributed by atoms with E-state index in [0.717, 1.165) is 24.1 Å². The van der Waals surface area contributed by atoms with E-state index in [4.69, 9.17) is 0 Å². The van der Waals surface area contributed by atoms with Gasteiger partial charge in [0.2, 0.25) is 0 Å². The molecule has 10 nitrogen and oxygen atoms in total. The molecular weight excluding hydrogens is 480 g/mol. The van der Waals surface area contributed by atoms with Crippen molar-refractivity contribution in [2.75, 3.05) is 13.1 Å². The van der Waals surface area contributed by atoms with Gasteiger partial charge >= 0.3 is 0 Å². The molecule has 1 fully saturated rings. The van der Waals surface area contributed by atoms with Gasteiger partial charge in [-0.05, 0) is 65.3 Å². The second-order valence-corrected chi connectivity index (χ2v) is 10.2. The van der Waals surface area contributed by atoms with E-state index < -0.39 is 17.0 Å². The van der Waals surface area contributed by atoms with E-state index >= 15 is 0 Å². The Bertz CT molecular complexity index is 1480. The smallest absolute Gasteiger partial charge is 0.259 e. The fourth-order valence-electron chi connectivity index (χ4n) is 6.34. The number of nitrogens with one attached hydrogen (secondary N) is 1. The van der Waals surface area contributed by atoms with Crippen molar-refractivity contribution in [2.45, 2.75) is 44.9 Å². The number of likely N-dealkylation sites (N-methyl/N-ethyl adjacent to an activating group) is 1. The van der Waals surface area contributed by atoms with Crippen molar-refractivity contribution in [3.05, 3.63) is 65.2 Å². The maximum atomic E-state index is 14.5. The lowest BCUT2D eigenvalue weighted by Crippen LogP contribution is -2.48. The predicted molar refractivity (Wildman–Crippen MR) is 128 cm³/mol. The molecule has 0 radical (unpaired) electrons. The lowest BCUT2D eigenvalue weighted by atomic mass is 9.68. The van der Waals surface area contributed by atoms with Gasteiger partial charge < -0.3 is 4.90 Å². The number of hydrogen-bond acceptors (Lipinski definition) is 7. The highest BCUT2D eigenvalue weighted by Crippen LogP contribution is 2.67. The van der Waals surface area contributed by atoms with Crippen molar-refractivity contribution in [3.63, 3.8) is 0 Å². The summed E-state index contributed by atoms with van der Waals surface area (Å²) in [6.07, 6.45) is 4.58. The Kier molecular flexibility index (Phi) is 5.18. The lowest BCUT2D eigenvalue weighted by molar-refractivity contribution is 0.0652. The quantitative estimate of drug-likeness (QED) is 0.426. The topological polar surface area (TPSA) is 118 Å². The van der Waals surface area contributed by atoms with Crippen LogP contribution in [0.25, 0.3) is 17.1 Å². The van der Waals surface area contributed by atoms with E-state index in [9.17, 15) is 13.6 Å². The Morgan fingerprint density at radius 2 is 2.03 bits per heavy atom. The zero-order valence-electron chi connectivity index (χ0n) is 20.6. The summed E-state index contributed by atoms with van der Waals surface area (Å²) in [5, 5.41) is 26.8. The number of fused-ring (bicyclic) bond motifs is 5. The Balaban J connectivity index is 1.38. The number of carbonyl (C=O) groups excluding carboxylic acids is 1. The zero-order chi connectivity index (χ0) is 25.9. The molecule has 190 valence electrons. The molecule has 4 aromatic rings. The molecule has 6 rings (SSSR count). The largest absolute Gasteiger partial charge is 0.338 e. The third-order valence-corrected chi connectivity index (χ3v) is 8.39. The van der Waals surface area contributed by atoms with E-state index in [1.807, 2.05) is 6.92 Å². The van der Waals surface area contributed by atoms with Crippen LogP contribution in [0, 0.1) is 17.0 Å². The minimum absolute atomic E-state index is 0.131. The van der Waals surface area contributed by atoms with Gasteiger partial charge in [0.05, 0.1) is 23.1 Å². The first-order valence-electron chi connectivity index (χ1n) is 12.2. The molecule has 1 saturated carbocycles. The first-order valence-corrected chi connectivity index (χ1v) is 12.2. The molecule has 0 aliphatic heterocycles. The molecule has 0 unspecified atom stereocenters. The second-order valence-electron chi connectivity index (χ2n) is 10.2. The van der Waals surface area contributed by atoms with E-state index in [-0.39, 0.29) is 28.5 Å². The highest BCUT2D eigenvalue weighted by atomic mass is 19.1. The van der Waals surface area contributed by atoms with Gasteiger partial charge in [0.15, 0.2) is 5.82 Å². The second kappa shape index (κ2) is 8.22. The minimum Gasteiger partial charge on any atom is -0.338 e. The average molecular weight is 506 g/mol. The Hall–Kier alpha value is -4.09. The third kappa shape index (κ3) is 3.24. The van der Waals surface area contributed by atoms with Crippen molar-refractivity contribution < 1.29 is 13.6 Å². The molecule has 2 atom stereocenters. The van der Waals surface area contributed by atoms with E-state index in [1.165, 1.54) is 35.4 Å². The summed E-state index contributed by atoms with van der Waals surface area (Å²) < 4.78 is 30.4. The number of aromatic nitrogens is 8. The molecule has 1 amide bonds. The van der Waals surface area contributed by atoms with Crippen LogP contribution in [-0.4, -0.2) is 64.5 Å². The van der Waals surface area contributed by atoms with Crippen LogP contribution in [0.15, 0.2) is 36.8 Å². The molecule has 2 aliphatic carbocycles. The van der Waals surface area contributed by atoms with Crippen LogP contribution >= 0.6 is 0 Å². The number of benzene rings is 1. The van der Waals surface area contributed by atoms with Gasteiger partial charge in [0.25, 0.3) is 5.91 Å². The summed E-state index contributed by atoms with van der Waals surface area (Å²) in [6, 6.07) is 5.54. The number of tetrazole rings is 1. The standard InChI is InChI=1S/C25H25F2N9O/c1-4-35(23(37)15-11-28-32-22(15)36-13-29-33-34-36)12-25-9-8-16(24(25,2)3)14-10-19(30-31-21(14)25)20-17(26)6-5-7-18(20)27/h5-7,10-11,13,16H,4,8-9,12H2,1-3H3,(H,28,32)/t16-,25-/m0/s1. The maximum absolute atomic E-state index is 14.5. The molecule has 3 heterocycles. The molecule has 12 heteroatoms. The molecule has 2 aliphatic rings. The number of carbonyl (C=O) groups is 1. The van der Waals surface area contributed by atoms with Crippen molar-refractivity contribution >= 4 is 5.91 Å². The van der Waals surface area contributed by atoms with Crippen LogP contribution in [0.1, 0.15) is 61.1 Å². The van der Waals surface area contributed by atoms with Gasteiger partial charge in [0, 0.05) is 18.5 Å². The molecule has 0 saturated heterocycles. The van der Waals surface area contributed by atoms with Crippen LogP contribution in [0.2, 0.25) is 0 Å². The van der Waals surface area contributed by atoms with Crippen LogP contribution in [0.5, 0.6) is 0 Å². The Morgan fingerprint density at radius 3 is 2.73 bits per heavy atom. The number of rotatable bonds is 6. The lowest BCUT2D eigenvalue weighted by Gasteiger charge is -2.41.